The van der Waals surface area contributed by atoms with E-state index in [1.54, 1.807) is 12.1 Å². The lowest BCUT2D eigenvalue weighted by atomic mass is 9.99. The summed E-state index contributed by atoms with van der Waals surface area (Å²) >= 11 is 1.53. The molecule has 1 aromatic carbocycles. The van der Waals surface area contributed by atoms with Crippen LogP contribution in [0.25, 0.3) is 6.08 Å². The van der Waals surface area contributed by atoms with Gasteiger partial charge in [-0.05, 0) is 48.9 Å². The number of hydrogen-bond acceptors (Lipinski definition) is 3. The third kappa shape index (κ3) is 6.97. The van der Waals surface area contributed by atoms with Crippen LogP contribution in [0, 0.1) is 12.8 Å². The van der Waals surface area contributed by atoms with Gasteiger partial charge in [-0.25, -0.2) is 0 Å². The van der Waals surface area contributed by atoms with E-state index in [-0.39, 0.29) is 17.5 Å². The molecule has 0 spiro atoms. The third-order valence-electron chi connectivity index (χ3n) is 4.70. The SMILES string of the molecule is CCCC[C@@H](CC)CNC(=O)/C(=C/c1cccs1)NC(=O)c1cccc(C)c1. The van der Waals surface area contributed by atoms with Gasteiger partial charge in [0.05, 0.1) is 0 Å². The van der Waals surface area contributed by atoms with Gasteiger partial charge in [-0.15, -0.1) is 11.3 Å². The summed E-state index contributed by atoms with van der Waals surface area (Å²) < 4.78 is 0. The van der Waals surface area contributed by atoms with Gasteiger partial charge in [-0.2, -0.15) is 0 Å². The third-order valence-corrected chi connectivity index (χ3v) is 5.52. The minimum absolute atomic E-state index is 0.246. The van der Waals surface area contributed by atoms with Crippen LogP contribution >= 0.6 is 11.3 Å². The number of unbranched alkanes of at least 4 members (excludes halogenated alkanes) is 1. The number of rotatable bonds is 10. The average Bonchev–Trinajstić information content (AvgIpc) is 3.20. The molecule has 1 heterocycles. The molecule has 0 aliphatic carbocycles. The summed E-state index contributed by atoms with van der Waals surface area (Å²) in [7, 11) is 0. The maximum atomic E-state index is 12.8. The largest absolute Gasteiger partial charge is 0.350 e. The van der Waals surface area contributed by atoms with Gasteiger partial charge in [0.25, 0.3) is 11.8 Å². The number of aryl methyl sites for hydroxylation is 1. The molecule has 0 aliphatic heterocycles. The highest BCUT2D eigenvalue weighted by atomic mass is 32.1. The van der Waals surface area contributed by atoms with Crippen molar-refractivity contribution in [2.45, 2.75) is 46.5 Å². The zero-order valence-corrected chi connectivity index (χ0v) is 17.8. The van der Waals surface area contributed by atoms with Crippen molar-refractivity contribution in [2.75, 3.05) is 6.54 Å². The Morgan fingerprint density at radius 1 is 1.18 bits per heavy atom. The fraction of sp³-hybridized carbons (Fsp3) is 0.391. The maximum Gasteiger partial charge on any atom is 0.267 e. The van der Waals surface area contributed by atoms with Gasteiger partial charge < -0.3 is 10.6 Å². The van der Waals surface area contributed by atoms with E-state index < -0.39 is 0 Å². The first-order valence-corrected chi connectivity index (χ1v) is 10.8. The summed E-state index contributed by atoms with van der Waals surface area (Å²) in [6.07, 6.45) is 6.18. The highest BCUT2D eigenvalue weighted by Crippen LogP contribution is 2.15. The van der Waals surface area contributed by atoms with E-state index in [0.717, 1.165) is 36.1 Å². The second-order valence-electron chi connectivity index (χ2n) is 7.02. The van der Waals surface area contributed by atoms with Crippen LogP contribution in [0.5, 0.6) is 0 Å². The Morgan fingerprint density at radius 3 is 2.64 bits per heavy atom. The topological polar surface area (TPSA) is 58.2 Å². The molecule has 2 aromatic rings. The molecule has 2 amide bonds. The molecule has 2 N–H and O–H groups in total. The van der Waals surface area contributed by atoms with Crippen LogP contribution in [0.4, 0.5) is 0 Å². The van der Waals surface area contributed by atoms with Crippen LogP contribution in [0.3, 0.4) is 0 Å². The molecule has 28 heavy (non-hydrogen) atoms. The predicted octanol–water partition coefficient (Wildman–Crippen LogP) is 5.16. The number of carbonyl (C=O) groups is 2. The minimum atomic E-state index is -0.278. The smallest absolute Gasteiger partial charge is 0.267 e. The predicted molar refractivity (Wildman–Crippen MR) is 117 cm³/mol. The van der Waals surface area contributed by atoms with E-state index in [4.69, 9.17) is 0 Å². The Labute approximate surface area is 172 Å². The molecule has 4 nitrogen and oxygen atoms in total. The van der Waals surface area contributed by atoms with Crippen molar-refractivity contribution in [3.63, 3.8) is 0 Å². The molecule has 5 heteroatoms. The summed E-state index contributed by atoms with van der Waals surface area (Å²) in [5.41, 5.74) is 1.82. The fourth-order valence-electron chi connectivity index (χ4n) is 2.93. The van der Waals surface area contributed by atoms with Crippen molar-refractivity contribution in [1.29, 1.82) is 0 Å². The number of benzene rings is 1. The fourth-order valence-corrected chi connectivity index (χ4v) is 3.59. The molecule has 0 saturated carbocycles. The van der Waals surface area contributed by atoms with Crippen LogP contribution in [0.1, 0.15) is 60.3 Å². The van der Waals surface area contributed by atoms with Gasteiger partial charge in [0.15, 0.2) is 0 Å². The van der Waals surface area contributed by atoms with E-state index >= 15 is 0 Å². The summed E-state index contributed by atoms with van der Waals surface area (Å²) in [6, 6.07) is 11.2. The van der Waals surface area contributed by atoms with Crippen molar-refractivity contribution in [3.05, 3.63) is 63.5 Å². The standard InChI is InChI=1S/C23H30N2O2S/c1-4-6-10-18(5-2)16-24-23(27)21(15-20-12-8-13-28-20)25-22(26)19-11-7-9-17(3)14-19/h7-9,11-15,18H,4-6,10,16H2,1-3H3,(H,24,27)(H,25,26)/b21-15-/t18-/m1/s1. The molecule has 1 aromatic heterocycles. The van der Waals surface area contributed by atoms with Gasteiger partial charge in [0.1, 0.15) is 5.70 Å². The quantitative estimate of drug-likeness (QED) is 0.543. The van der Waals surface area contributed by atoms with Gasteiger partial charge in [0, 0.05) is 17.0 Å². The zero-order chi connectivity index (χ0) is 20.4. The lowest BCUT2D eigenvalue weighted by Gasteiger charge is -2.16. The molecule has 0 unspecified atom stereocenters. The lowest BCUT2D eigenvalue weighted by molar-refractivity contribution is -0.117. The molecule has 0 radical (unpaired) electrons. The van der Waals surface area contributed by atoms with Crippen LogP contribution in [-0.4, -0.2) is 18.4 Å². The second-order valence-corrected chi connectivity index (χ2v) is 8.00. The van der Waals surface area contributed by atoms with Crippen molar-refractivity contribution >= 4 is 29.2 Å². The van der Waals surface area contributed by atoms with Crippen LogP contribution in [0.15, 0.2) is 47.5 Å². The number of thiophene rings is 1. The zero-order valence-electron chi connectivity index (χ0n) is 17.0. The van der Waals surface area contributed by atoms with Crippen LogP contribution in [0.2, 0.25) is 0 Å². The summed E-state index contributed by atoms with van der Waals surface area (Å²) in [4.78, 5) is 26.4. The molecular formula is C23H30N2O2S. The normalized spacial score (nSPS) is 12.5. The maximum absolute atomic E-state index is 12.8. The van der Waals surface area contributed by atoms with Crippen molar-refractivity contribution in [2.24, 2.45) is 5.92 Å². The molecule has 1 atom stereocenters. The summed E-state index contributed by atoms with van der Waals surface area (Å²) in [6.45, 7) is 6.88. The van der Waals surface area contributed by atoms with Crippen LogP contribution in [-0.2, 0) is 4.79 Å². The number of amides is 2. The van der Waals surface area contributed by atoms with Gasteiger partial charge >= 0.3 is 0 Å². The number of hydrogen-bond donors (Lipinski definition) is 2. The summed E-state index contributed by atoms with van der Waals surface area (Å²) in [5, 5.41) is 7.75. The van der Waals surface area contributed by atoms with Crippen molar-refractivity contribution < 1.29 is 9.59 Å². The van der Waals surface area contributed by atoms with Crippen LogP contribution < -0.4 is 10.6 Å². The van der Waals surface area contributed by atoms with Crippen molar-refractivity contribution in [1.82, 2.24) is 10.6 Å². The van der Waals surface area contributed by atoms with E-state index in [2.05, 4.69) is 24.5 Å². The number of carbonyl (C=O) groups excluding carboxylic acids is 2. The van der Waals surface area contributed by atoms with Crippen molar-refractivity contribution in [3.8, 4) is 0 Å². The summed E-state index contributed by atoms with van der Waals surface area (Å²) in [5.74, 6) is -0.0663. The first kappa shape index (κ1) is 21.9. The van der Waals surface area contributed by atoms with Gasteiger partial charge in [0.2, 0.25) is 0 Å². The molecule has 0 bridgehead atoms. The Kier molecular flexibility index (Phi) is 8.95. The molecule has 150 valence electrons. The first-order valence-electron chi connectivity index (χ1n) is 9.94. The molecule has 2 rings (SSSR count). The Bertz CT molecular complexity index is 797. The molecule has 0 saturated heterocycles. The van der Waals surface area contributed by atoms with Gasteiger partial charge in [-0.3, -0.25) is 9.59 Å². The van der Waals surface area contributed by atoms with E-state index in [0.29, 0.717) is 18.0 Å². The number of nitrogens with one attached hydrogen (secondary N) is 2. The Morgan fingerprint density at radius 2 is 2.00 bits per heavy atom. The second kappa shape index (κ2) is 11.4. The monoisotopic (exact) mass is 398 g/mol. The molecule has 0 fully saturated rings. The van der Waals surface area contributed by atoms with Gasteiger partial charge in [-0.1, -0.05) is 56.9 Å². The van der Waals surface area contributed by atoms with E-state index in [1.807, 2.05) is 42.6 Å². The first-order chi connectivity index (χ1) is 13.5. The molecular weight excluding hydrogens is 368 g/mol. The molecule has 0 aliphatic rings. The highest BCUT2D eigenvalue weighted by Gasteiger charge is 2.16. The van der Waals surface area contributed by atoms with E-state index in [1.165, 1.54) is 11.3 Å². The highest BCUT2D eigenvalue weighted by molar-refractivity contribution is 7.10. The minimum Gasteiger partial charge on any atom is -0.350 e. The lowest BCUT2D eigenvalue weighted by Crippen LogP contribution is -2.37. The van der Waals surface area contributed by atoms with E-state index in [9.17, 15) is 9.59 Å². The average molecular weight is 399 g/mol. The Balaban J connectivity index is 2.11. The Hall–Kier alpha value is -2.40.